The second-order valence-electron chi connectivity index (χ2n) is 7.27. The lowest BCUT2D eigenvalue weighted by Gasteiger charge is -2.34. The van der Waals surface area contributed by atoms with Gasteiger partial charge in [-0.25, -0.2) is 0 Å². The van der Waals surface area contributed by atoms with E-state index in [1.807, 2.05) is 0 Å². The van der Waals surface area contributed by atoms with Crippen molar-refractivity contribution in [3.8, 4) is 0 Å². The first kappa shape index (κ1) is 18.0. The molecule has 2 saturated heterocycles. The Bertz CT molecular complexity index is 495. The molecule has 5 heteroatoms. The van der Waals surface area contributed by atoms with Gasteiger partial charge in [-0.15, -0.1) is 12.4 Å². The number of halogens is 1. The molecular weight excluding hydrogens is 322 g/mol. The van der Waals surface area contributed by atoms with Crippen LogP contribution in [0.5, 0.6) is 0 Å². The molecule has 3 aliphatic rings. The third kappa shape index (κ3) is 4.05. The van der Waals surface area contributed by atoms with E-state index in [0.29, 0.717) is 18.1 Å². The zero-order valence-corrected chi connectivity index (χ0v) is 15.1. The van der Waals surface area contributed by atoms with Crippen LogP contribution in [-0.2, 0) is 4.74 Å². The quantitative estimate of drug-likeness (QED) is 0.873. The SMILES string of the molecule is Cl.c1ccc(N2CCC(NC3CCCC3C3COCCN3)C2)cc1. The molecule has 1 saturated carbocycles. The number of nitrogens with one attached hydrogen (secondary N) is 2. The van der Waals surface area contributed by atoms with Crippen molar-refractivity contribution in [2.24, 2.45) is 5.92 Å². The van der Waals surface area contributed by atoms with Gasteiger partial charge in [0.2, 0.25) is 0 Å². The van der Waals surface area contributed by atoms with Gasteiger partial charge in [0.05, 0.1) is 13.2 Å². The molecule has 134 valence electrons. The van der Waals surface area contributed by atoms with E-state index in [-0.39, 0.29) is 12.4 Å². The van der Waals surface area contributed by atoms with Crippen LogP contribution < -0.4 is 15.5 Å². The predicted octanol–water partition coefficient (Wildman–Crippen LogP) is 2.43. The van der Waals surface area contributed by atoms with E-state index in [0.717, 1.165) is 32.2 Å². The second kappa shape index (κ2) is 8.52. The summed E-state index contributed by atoms with van der Waals surface area (Å²) in [5, 5.41) is 7.66. The minimum atomic E-state index is 0. The number of para-hydroxylation sites is 1. The summed E-state index contributed by atoms with van der Waals surface area (Å²) in [6, 6.07) is 12.7. The van der Waals surface area contributed by atoms with E-state index in [2.05, 4.69) is 45.9 Å². The predicted molar refractivity (Wildman–Crippen MR) is 101 cm³/mol. The summed E-state index contributed by atoms with van der Waals surface area (Å²) in [7, 11) is 0. The minimum absolute atomic E-state index is 0. The fourth-order valence-corrected chi connectivity index (χ4v) is 4.61. The molecule has 0 amide bonds. The molecule has 0 bridgehead atoms. The molecule has 2 N–H and O–H groups in total. The van der Waals surface area contributed by atoms with E-state index in [4.69, 9.17) is 4.74 Å². The third-order valence-electron chi connectivity index (χ3n) is 5.80. The van der Waals surface area contributed by atoms with Gasteiger partial charge < -0.3 is 20.3 Å². The number of morpholine rings is 1. The highest BCUT2D eigenvalue weighted by molar-refractivity contribution is 5.85. The van der Waals surface area contributed by atoms with E-state index in [1.54, 1.807) is 0 Å². The molecule has 4 atom stereocenters. The van der Waals surface area contributed by atoms with E-state index >= 15 is 0 Å². The molecule has 24 heavy (non-hydrogen) atoms. The molecule has 3 fully saturated rings. The molecule has 4 nitrogen and oxygen atoms in total. The van der Waals surface area contributed by atoms with Gasteiger partial charge in [0, 0.05) is 43.4 Å². The van der Waals surface area contributed by atoms with E-state index in [1.165, 1.54) is 37.9 Å². The van der Waals surface area contributed by atoms with Crippen LogP contribution >= 0.6 is 12.4 Å². The fraction of sp³-hybridized carbons (Fsp3) is 0.684. The summed E-state index contributed by atoms with van der Waals surface area (Å²) >= 11 is 0. The molecule has 1 aromatic carbocycles. The Hall–Kier alpha value is -0.810. The third-order valence-corrected chi connectivity index (χ3v) is 5.80. The van der Waals surface area contributed by atoms with Crippen LogP contribution in [0.3, 0.4) is 0 Å². The smallest absolute Gasteiger partial charge is 0.0623 e. The van der Waals surface area contributed by atoms with Crippen molar-refractivity contribution < 1.29 is 4.74 Å². The first-order valence-electron chi connectivity index (χ1n) is 9.27. The monoisotopic (exact) mass is 351 g/mol. The van der Waals surface area contributed by atoms with Gasteiger partial charge in [0.25, 0.3) is 0 Å². The first-order chi connectivity index (χ1) is 11.4. The second-order valence-corrected chi connectivity index (χ2v) is 7.27. The molecule has 1 aromatic rings. The lowest BCUT2D eigenvalue weighted by molar-refractivity contribution is 0.0518. The van der Waals surface area contributed by atoms with Crippen molar-refractivity contribution in [3.05, 3.63) is 30.3 Å². The number of benzene rings is 1. The topological polar surface area (TPSA) is 36.5 Å². The van der Waals surface area contributed by atoms with Crippen molar-refractivity contribution in [3.63, 3.8) is 0 Å². The van der Waals surface area contributed by atoms with E-state index < -0.39 is 0 Å². The summed E-state index contributed by atoms with van der Waals surface area (Å²) in [5.74, 6) is 0.737. The maximum atomic E-state index is 5.69. The molecule has 4 unspecified atom stereocenters. The summed E-state index contributed by atoms with van der Waals surface area (Å²) < 4.78 is 5.69. The number of nitrogens with zero attached hydrogens (tertiary/aromatic N) is 1. The number of rotatable bonds is 4. The number of anilines is 1. The van der Waals surface area contributed by atoms with Gasteiger partial charge in [-0.1, -0.05) is 24.6 Å². The summed E-state index contributed by atoms with van der Waals surface area (Å²) in [6.45, 7) is 5.09. The molecular formula is C19H30ClN3O. The number of hydrogen-bond donors (Lipinski definition) is 2. The maximum Gasteiger partial charge on any atom is 0.0623 e. The largest absolute Gasteiger partial charge is 0.379 e. The standard InChI is InChI=1S/C19H29N3O.ClH/c1-2-5-16(6-3-1)22-11-9-15(13-22)21-18-8-4-7-17(18)19-14-23-12-10-20-19;/h1-3,5-6,15,17-21H,4,7-14H2;1H. The maximum absolute atomic E-state index is 5.69. The lowest BCUT2D eigenvalue weighted by atomic mass is 9.93. The van der Waals surface area contributed by atoms with Crippen LogP contribution in [0.1, 0.15) is 25.7 Å². The van der Waals surface area contributed by atoms with E-state index in [9.17, 15) is 0 Å². The summed E-state index contributed by atoms with van der Waals surface area (Å²) in [4.78, 5) is 2.52. The molecule has 4 rings (SSSR count). The Labute approximate surface area is 151 Å². The highest BCUT2D eigenvalue weighted by Gasteiger charge is 2.36. The van der Waals surface area contributed by atoms with Gasteiger partial charge in [-0.3, -0.25) is 0 Å². The normalized spacial score (nSPS) is 33.4. The van der Waals surface area contributed by atoms with Gasteiger partial charge in [0.1, 0.15) is 0 Å². The molecule has 0 radical (unpaired) electrons. The Morgan fingerprint density at radius 3 is 2.79 bits per heavy atom. The van der Waals surface area contributed by atoms with Crippen LogP contribution in [0.15, 0.2) is 30.3 Å². The van der Waals surface area contributed by atoms with Crippen LogP contribution in [0.2, 0.25) is 0 Å². The number of ether oxygens (including phenoxy) is 1. The van der Waals surface area contributed by atoms with Crippen LogP contribution in [0.4, 0.5) is 5.69 Å². The Balaban J connectivity index is 0.00000169. The highest BCUT2D eigenvalue weighted by Crippen LogP contribution is 2.31. The van der Waals surface area contributed by atoms with Gasteiger partial charge in [-0.05, 0) is 37.3 Å². The molecule has 2 heterocycles. The zero-order chi connectivity index (χ0) is 15.5. The van der Waals surface area contributed by atoms with Crippen LogP contribution in [0.25, 0.3) is 0 Å². The fourth-order valence-electron chi connectivity index (χ4n) is 4.61. The highest BCUT2D eigenvalue weighted by atomic mass is 35.5. The van der Waals surface area contributed by atoms with Gasteiger partial charge in [-0.2, -0.15) is 0 Å². The molecule has 2 aliphatic heterocycles. The van der Waals surface area contributed by atoms with Crippen molar-refractivity contribution in [2.75, 3.05) is 37.7 Å². The zero-order valence-electron chi connectivity index (χ0n) is 14.3. The lowest BCUT2D eigenvalue weighted by Crippen LogP contribution is -2.52. The Morgan fingerprint density at radius 1 is 1.12 bits per heavy atom. The minimum Gasteiger partial charge on any atom is -0.379 e. The van der Waals surface area contributed by atoms with Crippen LogP contribution in [0, 0.1) is 5.92 Å². The van der Waals surface area contributed by atoms with Crippen molar-refractivity contribution >= 4 is 18.1 Å². The molecule has 0 spiro atoms. The Morgan fingerprint density at radius 2 is 2.00 bits per heavy atom. The molecule has 0 aromatic heterocycles. The van der Waals surface area contributed by atoms with Crippen molar-refractivity contribution in [2.45, 2.75) is 43.8 Å². The first-order valence-corrected chi connectivity index (χ1v) is 9.27. The van der Waals surface area contributed by atoms with Gasteiger partial charge >= 0.3 is 0 Å². The molecule has 1 aliphatic carbocycles. The summed E-state index contributed by atoms with van der Waals surface area (Å²) in [5.41, 5.74) is 1.36. The van der Waals surface area contributed by atoms with Crippen LogP contribution in [-0.4, -0.2) is 51.0 Å². The van der Waals surface area contributed by atoms with Gasteiger partial charge in [0.15, 0.2) is 0 Å². The average Bonchev–Trinajstić information content (AvgIpc) is 3.26. The summed E-state index contributed by atoms with van der Waals surface area (Å²) in [6.07, 6.45) is 5.28. The average molecular weight is 352 g/mol. The Kier molecular flexibility index (Phi) is 6.39. The van der Waals surface area contributed by atoms with Crippen molar-refractivity contribution in [1.29, 1.82) is 0 Å². The number of hydrogen-bond acceptors (Lipinski definition) is 4. The van der Waals surface area contributed by atoms with Crippen molar-refractivity contribution in [1.82, 2.24) is 10.6 Å².